The number of nitrogens with one attached hydrogen (secondary N) is 1. The Morgan fingerprint density at radius 2 is 1.49 bits per heavy atom. The molecule has 0 aliphatic carbocycles. The molecule has 10 heteroatoms. The van der Waals surface area contributed by atoms with Crippen LogP contribution < -0.4 is 15.9 Å². The van der Waals surface area contributed by atoms with Crippen molar-refractivity contribution in [3.05, 3.63) is 102 Å². The van der Waals surface area contributed by atoms with E-state index in [-0.39, 0.29) is 22.6 Å². The number of carbonyl (C=O) groups is 1. The molecule has 4 rings (SSSR count). The minimum atomic E-state index is -4.23. The van der Waals surface area contributed by atoms with E-state index in [0.717, 1.165) is 5.56 Å². The fourth-order valence-corrected chi connectivity index (χ4v) is 11.5. The Morgan fingerprint density at radius 1 is 0.930 bits per heavy atom. The molecule has 3 aromatic carbocycles. The second-order valence-electron chi connectivity index (χ2n) is 11.9. The third kappa shape index (κ3) is 7.63. The van der Waals surface area contributed by atoms with E-state index in [2.05, 4.69) is 69.3 Å². The van der Waals surface area contributed by atoms with Crippen molar-refractivity contribution < 1.29 is 31.4 Å². The number of aryl methyl sites for hydroxylation is 3. The second-order valence-corrected chi connectivity index (χ2v) is 17.7. The van der Waals surface area contributed by atoms with E-state index in [4.69, 9.17) is 18.2 Å². The highest BCUT2D eigenvalue weighted by Gasteiger charge is 2.50. The molecule has 3 aromatic rings. The fourth-order valence-electron chi connectivity index (χ4n) is 5.77. The monoisotopic (exact) mass is 623 g/mol. The standard InChI is InChI=1S/C33H41NO7SSi/c1-24-21-25(2)31(26(3)22-24)42(36,37)41-34-32(35)40-28-18-17-27(38-23-28)19-20-39-43(33(4,5)6,29-13-9-7-10-14-29)30-15-11-8-12-16-30/h7-18,21-22,27-28H,19-20,23H2,1-6H3,(H,34,35)/t27-,28-/m1/s1. The molecule has 0 radical (unpaired) electrons. The van der Waals surface area contributed by atoms with Crippen LogP contribution in [0.3, 0.4) is 0 Å². The number of amides is 1. The highest BCUT2D eigenvalue weighted by atomic mass is 32.2. The Hall–Kier alpha value is -3.28. The summed E-state index contributed by atoms with van der Waals surface area (Å²) in [7, 11) is -6.88. The third-order valence-electron chi connectivity index (χ3n) is 7.50. The van der Waals surface area contributed by atoms with E-state index >= 15 is 0 Å². The second kappa shape index (κ2) is 13.6. The van der Waals surface area contributed by atoms with E-state index in [1.54, 1.807) is 32.1 Å². The molecule has 0 saturated carbocycles. The summed E-state index contributed by atoms with van der Waals surface area (Å²) in [5.41, 5.74) is 3.88. The summed E-state index contributed by atoms with van der Waals surface area (Å²) >= 11 is 0. The van der Waals surface area contributed by atoms with Gasteiger partial charge in [0.25, 0.3) is 8.32 Å². The molecule has 8 nitrogen and oxygen atoms in total. The molecule has 1 heterocycles. The number of rotatable bonds is 10. The van der Waals surface area contributed by atoms with Gasteiger partial charge in [-0.2, -0.15) is 13.9 Å². The first-order valence-electron chi connectivity index (χ1n) is 14.4. The molecular weight excluding hydrogens is 583 g/mol. The van der Waals surface area contributed by atoms with Crippen LogP contribution in [0.2, 0.25) is 5.04 Å². The van der Waals surface area contributed by atoms with Gasteiger partial charge in [-0.15, -0.1) is 4.28 Å². The lowest BCUT2D eigenvalue weighted by molar-refractivity contribution is -0.00843. The Kier molecular flexibility index (Phi) is 10.3. The summed E-state index contributed by atoms with van der Waals surface area (Å²) in [6.45, 7) is 12.5. The minimum Gasteiger partial charge on any atom is -0.438 e. The number of hydroxylamine groups is 1. The summed E-state index contributed by atoms with van der Waals surface area (Å²) in [6.07, 6.45) is 2.26. The molecule has 1 N–H and O–H groups in total. The average molecular weight is 624 g/mol. The lowest BCUT2D eigenvalue weighted by Gasteiger charge is -2.43. The van der Waals surface area contributed by atoms with Crippen molar-refractivity contribution in [1.29, 1.82) is 0 Å². The highest BCUT2D eigenvalue weighted by molar-refractivity contribution is 7.86. The van der Waals surface area contributed by atoms with Crippen molar-refractivity contribution in [2.75, 3.05) is 13.2 Å². The summed E-state index contributed by atoms with van der Waals surface area (Å²) in [5, 5.41) is 2.30. The van der Waals surface area contributed by atoms with Crippen LogP contribution in [0.5, 0.6) is 0 Å². The maximum Gasteiger partial charge on any atom is 0.433 e. The first kappa shape index (κ1) is 32.6. The predicted molar refractivity (Wildman–Crippen MR) is 169 cm³/mol. The van der Waals surface area contributed by atoms with Crippen molar-refractivity contribution in [3.8, 4) is 0 Å². The molecule has 0 unspecified atom stereocenters. The van der Waals surface area contributed by atoms with Gasteiger partial charge in [0.15, 0.2) is 0 Å². The van der Waals surface area contributed by atoms with E-state index in [9.17, 15) is 13.2 Å². The van der Waals surface area contributed by atoms with Crippen LogP contribution in [-0.2, 0) is 28.3 Å². The molecule has 230 valence electrons. The van der Waals surface area contributed by atoms with Crippen LogP contribution in [0, 0.1) is 20.8 Å². The van der Waals surface area contributed by atoms with Crippen molar-refractivity contribution >= 4 is 34.9 Å². The van der Waals surface area contributed by atoms with Crippen LogP contribution in [-0.4, -0.2) is 48.3 Å². The van der Waals surface area contributed by atoms with Crippen molar-refractivity contribution in [1.82, 2.24) is 5.48 Å². The number of benzene rings is 3. The van der Waals surface area contributed by atoms with Gasteiger partial charge in [0.2, 0.25) is 0 Å². The lowest BCUT2D eigenvalue weighted by Crippen LogP contribution is -2.66. The Morgan fingerprint density at radius 3 is 1.98 bits per heavy atom. The van der Waals surface area contributed by atoms with Crippen LogP contribution in [0.4, 0.5) is 4.79 Å². The van der Waals surface area contributed by atoms with Gasteiger partial charge in [0, 0.05) is 6.61 Å². The van der Waals surface area contributed by atoms with Gasteiger partial charge in [-0.05, 0) is 59.8 Å². The van der Waals surface area contributed by atoms with E-state index in [1.807, 2.05) is 30.6 Å². The van der Waals surface area contributed by atoms with Crippen molar-refractivity contribution in [2.45, 2.75) is 70.1 Å². The molecular formula is C33H41NO7SSi. The minimum absolute atomic E-state index is 0.0161. The summed E-state index contributed by atoms with van der Waals surface area (Å²) in [6, 6.07) is 24.4. The SMILES string of the molecule is Cc1cc(C)c(S(=O)(=O)ONC(=O)O[C@@H]2C=C[C@H](CCO[Si](c3ccccc3)(c3ccccc3)C(C)(C)C)OC2)c(C)c1. The van der Waals surface area contributed by atoms with Gasteiger partial charge in [0.1, 0.15) is 11.0 Å². The molecule has 1 aliphatic rings. The van der Waals surface area contributed by atoms with Crippen LogP contribution >= 0.6 is 0 Å². The van der Waals surface area contributed by atoms with Gasteiger partial charge >= 0.3 is 16.2 Å². The summed E-state index contributed by atoms with van der Waals surface area (Å²) < 4.78 is 48.4. The van der Waals surface area contributed by atoms with Gasteiger partial charge in [-0.1, -0.05) is 105 Å². The number of hydrogen-bond donors (Lipinski definition) is 1. The van der Waals surface area contributed by atoms with Gasteiger partial charge in [-0.25, -0.2) is 4.79 Å². The molecule has 0 aromatic heterocycles. The quantitative estimate of drug-likeness (QED) is 0.187. The van der Waals surface area contributed by atoms with E-state index < -0.39 is 30.6 Å². The topological polar surface area (TPSA) is 100 Å². The summed E-state index contributed by atoms with van der Waals surface area (Å²) in [4.78, 5) is 12.3. The first-order valence-corrected chi connectivity index (χ1v) is 17.7. The Labute approximate surface area is 256 Å². The van der Waals surface area contributed by atoms with Crippen molar-refractivity contribution in [3.63, 3.8) is 0 Å². The van der Waals surface area contributed by atoms with E-state index in [0.29, 0.717) is 24.2 Å². The molecule has 43 heavy (non-hydrogen) atoms. The maximum absolute atomic E-state index is 12.7. The number of ether oxygens (including phenoxy) is 2. The molecule has 0 saturated heterocycles. The average Bonchev–Trinajstić information content (AvgIpc) is 2.95. The van der Waals surface area contributed by atoms with Crippen LogP contribution in [0.25, 0.3) is 0 Å². The molecule has 2 atom stereocenters. The highest BCUT2D eigenvalue weighted by Crippen LogP contribution is 2.37. The molecule has 1 amide bonds. The third-order valence-corrected chi connectivity index (χ3v) is 14.0. The normalized spacial score (nSPS) is 17.4. The zero-order valence-electron chi connectivity index (χ0n) is 25.6. The molecule has 0 spiro atoms. The Bertz CT molecular complexity index is 1470. The smallest absolute Gasteiger partial charge is 0.433 e. The van der Waals surface area contributed by atoms with Crippen molar-refractivity contribution in [2.24, 2.45) is 0 Å². The van der Waals surface area contributed by atoms with Crippen LogP contribution in [0.1, 0.15) is 43.9 Å². The fraction of sp³-hybridized carbons (Fsp3) is 0.364. The molecule has 0 bridgehead atoms. The van der Waals surface area contributed by atoms with Crippen LogP contribution in [0.15, 0.2) is 89.8 Å². The lowest BCUT2D eigenvalue weighted by atomic mass is 10.1. The first-order chi connectivity index (χ1) is 20.3. The molecule has 1 aliphatic heterocycles. The zero-order valence-corrected chi connectivity index (χ0v) is 27.4. The van der Waals surface area contributed by atoms with Gasteiger partial charge in [-0.3, -0.25) is 0 Å². The Balaban J connectivity index is 1.34. The van der Waals surface area contributed by atoms with E-state index in [1.165, 1.54) is 10.4 Å². The van der Waals surface area contributed by atoms with Gasteiger partial charge < -0.3 is 13.9 Å². The predicted octanol–water partition coefficient (Wildman–Crippen LogP) is 5.25. The number of carbonyl (C=O) groups excluding carboxylic acids is 1. The maximum atomic E-state index is 12.7. The summed E-state index contributed by atoms with van der Waals surface area (Å²) in [5.74, 6) is 0. The number of hydrogen-bond acceptors (Lipinski definition) is 7. The van der Waals surface area contributed by atoms with Gasteiger partial charge in [0.05, 0.1) is 12.7 Å². The zero-order chi connectivity index (χ0) is 31.3. The molecule has 0 fully saturated rings. The largest absolute Gasteiger partial charge is 0.438 e.